The van der Waals surface area contributed by atoms with Crippen LogP contribution in [-0.4, -0.2) is 44.1 Å². The van der Waals surface area contributed by atoms with Crippen molar-refractivity contribution in [1.82, 2.24) is 10.2 Å². The highest BCUT2D eigenvalue weighted by Gasteiger charge is 2.19. The second kappa shape index (κ2) is 7.51. The van der Waals surface area contributed by atoms with Crippen molar-refractivity contribution >= 4 is 23.0 Å². The number of rotatable bonds is 3. The van der Waals surface area contributed by atoms with E-state index in [1.54, 1.807) is 0 Å². The molecule has 2 heterocycles. The van der Waals surface area contributed by atoms with Gasteiger partial charge >= 0.3 is 0 Å². The summed E-state index contributed by atoms with van der Waals surface area (Å²) in [6, 6.07) is 15.0. The number of guanidine groups is 1. The van der Waals surface area contributed by atoms with Crippen LogP contribution < -0.4 is 10.2 Å². The van der Waals surface area contributed by atoms with Gasteiger partial charge in [-0.05, 0) is 31.2 Å². The highest BCUT2D eigenvalue weighted by Crippen LogP contribution is 2.16. The Kier molecular flexibility index (Phi) is 5.18. The Bertz CT molecular complexity index is 642. The lowest BCUT2D eigenvalue weighted by Gasteiger charge is -2.37. The molecule has 1 fully saturated rings. The summed E-state index contributed by atoms with van der Waals surface area (Å²) < 4.78 is 0. The highest BCUT2D eigenvalue weighted by molar-refractivity contribution is 7.11. The van der Waals surface area contributed by atoms with Crippen LogP contribution in [0.15, 0.2) is 47.5 Å². The summed E-state index contributed by atoms with van der Waals surface area (Å²) in [6.45, 7) is 7.05. The Morgan fingerprint density at radius 3 is 2.43 bits per heavy atom. The maximum absolute atomic E-state index is 4.45. The number of hydrogen-bond acceptors (Lipinski definition) is 3. The van der Waals surface area contributed by atoms with Crippen molar-refractivity contribution in [2.75, 3.05) is 38.1 Å². The highest BCUT2D eigenvalue weighted by atomic mass is 32.1. The lowest BCUT2D eigenvalue weighted by molar-refractivity contribution is 0.372. The Balaban J connectivity index is 1.53. The molecule has 1 aromatic heterocycles. The molecule has 3 rings (SSSR count). The maximum atomic E-state index is 4.45. The van der Waals surface area contributed by atoms with E-state index in [2.05, 4.69) is 69.5 Å². The zero-order valence-electron chi connectivity index (χ0n) is 13.8. The van der Waals surface area contributed by atoms with Crippen LogP contribution in [-0.2, 0) is 6.54 Å². The summed E-state index contributed by atoms with van der Waals surface area (Å²) in [5.41, 5.74) is 1.31. The van der Waals surface area contributed by atoms with Crippen LogP contribution in [0.3, 0.4) is 0 Å². The van der Waals surface area contributed by atoms with Gasteiger partial charge in [0.15, 0.2) is 5.96 Å². The first kappa shape index (κ1) is 15.9. The fourth-order valence-corrected chi connectivity index (χ4v) is 3.72. The van der Waals surface area contributed by atoms with E-state index in [1.165, 1.54) is 15.4 Å². The fraction of sp³-hybridized carbons (Fsp3) is 0.389. The Morgan fingerprint density at radius 2 is 1.83 bits per heavy atom. The molecular formula is C18H24N4S. The second-order valence-corrected chi connectivity index (χ2v) is 7.10. The molecule has 0 saturated carbocycles. The van der Waals surface area contributed by atoms with E-state index in [-0.39, 0.29) is 0 Å². The summed E-state index contributed by atoms with van der Waals surface area (Å²) in [4.78, 5) is 11.9. The van der Waals surface area contributed by atoms with E-state index in [9.17, 15) is 0 Å². The van der Waals surface area contributed by atoms with E-state index in [1.807, 2.05) is 18.4 Å². The number of nitrogens with one attached hydrogen (secondary N) is 1. The number of thiophene rings is 1. The Hall–Kier alpha value is -2.01. The third-order valence-corrected chi connectivity index (χ3v) is 5.13. The number of benzene rings is 1. The molecule has 0 unspecified atom stereocenters. The van der Waals surface area contributed by atoms with E-state index in [0.29, 0.717) is 0 Å². The number of nitrogens with zero attached hydrogens (tertiary/aromatic N) is 3. The number of para-hydroxylation sites is 1. The van der Waals surface area contributed by atoms with Crippen molar-refractivity contribution in [1.29, 1.82) is 0 Å². The molecule has 23 heavy (non-hydrogen) atoms. The Labute approximate surface area is 142 Å². The standard InChI is InChI=1S/C18H24N4S/c1-15-8-9-17(23-15)14-20-18(19-2)22-12-10-21(11-13-22)16-6-4-3-5-7-16/h3-9H,10-14H2,1-2H3,(H,19,20). The SMILES string of the molecule is CN=C(NCc1ccc(C)s1)N1CCN(c2ccccc2)CC1. The first-order valence-electron chi connectivity index (χ1n) is 8.07. The van der Waals surface area contributed by atoms with Crippen molar-refractivity contribution in [2.45, 2.75) is 13.5 Å². The minimum atomic E-state index is 0.851. The van der Waals surface area contributed by atoms with Gasteiger partial charge in [0.1, 0.15) is 0 Å². The van der Waals surface area contributed by atoms with Gasteiger partial charge in [-0.1, -0.05) is 18.2 Å². The minimum absolute atomic E-state index is 0.851. The van der Waals surface area contributed by atoms with E-state index >= 15 is 0 Å². The molecule has 0 bridgehead atoms. The van der Waals surface area contributed by atoms with Gasteiger partial charge in [-0.3, -0.25) is 4.99 Å². The average molecular weight is 328 g/mol. The number of hydrogen-bond donors (Lipinski definition) is 1. The van der Waals surface area contributed by atoms with Crippen molar-refractivity contribution in [3.05, 3.63) is 52.2 Å². The molecule has 0 amide bonds. The molecule has 0 aliphatic carbocycles. The predicted molar refractivity (Wildman–Crippen MR) is 99.5 cm³/mol. The quantitative estimate of drug-likeness (QED) is 0.694. The third-order valence-electron chi connectivity index (χ3n) is 4.13. The molecule has 1 saturated heterocycles. The summed E-state index contributed by atoms with van der Waals surface area (Å²) >= 11 is 1.84. The lowest BCUT2D eigenvalue weighted by atomic mass is 10.2. The van der Waals surface area contributed by atoms with Crippen molar-refractivity contribution in [2.24, 2.45) is 4.99 Å². The first-order chi connectivity index (χ1) is 11.3. The summed E-state index contributed by atoms with van der Waals surface area (Å²) in [7, 11) is 1.87. The number of aliphatic imine (C=N–C) groups is 1. The number of aryl methyl sites for hydroxylation is 1. The van der Waals surface area contributed by atoms with Crippen LogP contribution in [0.2, 0.25) is 0 Å². The molecule has 0 radical (unpaired) electrons. The van der Waals surface area contributed by atoms with Gasteiger partial charge in [-0.15, -0.1) is 11.3 Å². The molecular weight excluding hydrogens is 304 g/mol. The monoisotopic (exact) mass is 328 g/mol. The molecule has 4 nitrogen and oxygen atoms in total. The summed E-state index contributed by atoms with van der Waals surface area (Å²) in [6.07, 6.45) is 0. The molecule has 1 aromatic carbocycles. The average Bonchev–Trinajstić information content (AvgIpc) is 3.02. The van der Waals surface area contributed by atoms with Gasteiger partial charge < -0.3 is 15.1 Å². The largest absolute Gasteiger partial charge is 0.368 e. The zero-order chi connectivity index (χ0) is 16.1. The van der Waals surface area contributed by atoms with Gasteiger partial charge in [0, 0.05) is 48.7 Å². The Morgan fingerprint density at radius 1 is 1.09 bits per heavy atom. The maximum Gasteiger partial charge on any atom is 0.194 e. The van der Waals surface area contributed by atoms with Gasteiger partial charge in [-0.25, -0.2) is 0 Å². The van der Waals surface area contributed by atoms with Crippen LogP contribution in [0, 0.1) is 6.92 Å². The van der Waals surface area contributed by atoms with Gasteiger partial charge in [0.25, 0.3) is 0 Å². The van der Waals surface area contributed by atoms with Crippen molar-refractivity contribution in [3.63, 3.8) is 0 Å². The van der Waals surface area contributed by atoms with Gasteiger partial charge in [0.05, 0.1) is 6.54 Å². The third kappa shape index (κ3) is 4.05. The summed E-state index contributed by atoms with van der Waals surface area (Å²) in [5, 5.41) is 3.49. The first-order valence-corrected chi connectivity index (χ1v) is 8.89. The molecule has 1 aliphatic rings. The lowest BCUT2D eigenvalue weighted by Crippen LogP contribution is -2.52. The van der Waals surface area contributed by atoms with Crippen molar-refractivity contribution in [3.8, 4) is 0 Å². The molecule has 0 atom stereocenters. The molecule has 2 aromatic rings. The molecule has 5 heteroatoms. The minimum Gasteiger partial charge on any atom is -0.368 e. The molecule has 0 spiro atoms. The number of anilines is 1. The molecule has 1 aliphatic heterocycles. The van der Waals surface area contributed by atoms with E-state index < -0.39 is 0 Å². The van der Waals surface area contributed by atoms with E-state index in [4.69, 9.17) is 0 Å². The fourth-order valence-electron chi connectivity index (χ4n) is 2.89. The van der Waals surface area contributed by atoms with Gasteiger partial charge in [-0.2, -0.15) is 0 Å². The van der Waals surface area contributed by atoms with E-state index in [0.717, 1.165) is 38.7 Å². The van der Waals surface area contributed by atoms with Gasteiger partial charge in [0.2, 0.25) is 0 Å². The molecule has 122 valence electrons. The van der Waals surface area contributed by atoms with Crippen LogP contribution in [0.4, 0.5) is 5.69 Å². The summed E-state index contributed by atoms with van der Waals surface area (Å²) in [5.74, 6) is 1.00. The van der Waals surface area contributed by atoms with Crippen LogP contribution in [0.5, 0.6) is 0 Å². The predicted octanol–water partition coefficient (Wildman–Crippen LogP) is 2.95. The van der Waals surface area contributed by atoms with Crippen LogP contribution in [0.25, 0.3) is 0 Å². The topological polar surface area (TPSA) is 30.9 Å². The number of piperazine rings is 1. The van der Waals surface area contributed by atoms with Crippen LogP contribution in [0.1, 0.15) is 9.75 Å². The van der Waals surface area contributed by atoms with Crippen molar-refractivity contribution < 1.29 is 0 Å². The molecule has 1 N–H and O–H groups in total. The normalized spacial score (nSPS) is 15.8. The zero-order valence-corrected chi connectivity index (χ0v) is 14.6. The second-order valence-electron chi connectivity index (χ2n) is 5.72. The van der Waals surface area contributed by atoms with Crippen LogP contribution >= 0.6 is 11.3 Å². The smallest absolute Gasteiger partial charge is 0.194 e.